The summed E-state index contributed by atoms with van der Waals surface area (Å²) in [6, 6.07) is 12.5. The average molecular weight is 230 g/mol. The van der Waals surface area contributed by atoms with E-state index < -0.39 is 0 Å². The first-order valence-electron chi connectivity index (χ1n) is 6.94. The van der Waals surface area contributed by atoms with Gasteiger partial charge in [0.15, 0.2) is 0 Å². The first kappa shape index (κ1) is 11.2. The van der Waals surface area contributed by atoms with Crippen LogP contribution in [0.1, 0.15) is 24.8 Å². The van der Waals surface area contributed by atoms with E-state index in [4.69, 9.17) is 0 Å². The zero-order chi connectivity index (χ0) is 11.5. The zero-order valence-electron chi connectivity index (χ0n) is 10.4. The molecule has 2 aliphatic heterocycles. The van der Waals surface area contributed by atoms with Crippen LogP contribution in [0.15, 0.2) is 30.3 Å². The molecule has 17 heavy (non-hydrogen) atoms. The highest BCUT2D eigenvalue weighted by Crippen LogP contribution is 2.25. The Kier molecular flexibility index (Phi) is 3.44. The summed E-state index contributed by atoms with van der Waals surface area (Å²) in [5, 5.41) is 3.60. The van der Waals surface area contributed by atoms with Gasteiger partial charge in [-0.1, -0.05) is 30.3 Å². The topological polar surface area (TPSA) is 15.3 Å². The number of fused-ring (bicyclic) bond motifs is 1. The van der Waals surface area contributed by atoms with Gasteiger partial charge >= 0.3 is 0 Å². The van der Waals surface area contributed by atoms with E-state index in [-0.39, 0.29) is 0 Å². The van der Waals surface area contributed by atoms with Gasteiger partial charge in [0, 0.05) is 18.6 Å². The van der Waals surface area contributed by atoms with Crippen LogP contribution < -0.4 is 5.32 Å². The number of nitrogens with one attached hydrogen (secondary N) is 1. The summed E-state index contributed by atoms with van der Waals surface area (Å²) >= 11 is 0. The lowest BCUT2D eigenvalue weighted by Gasteiger charge is -2.30. The lowest BCUT2D eigenvalue weighted by molar-refractivity contribution is 0.189. The molecule has 0 saturated carbocycles. The number of hydrogen-bond acceptors (Lipinski definition) is 2. The Morgan fingerprint density at radius 2 is 2.06 bits per heavy atom. The highest BCUT2D eigenvalue weighted by molar-refractivity contribution is 5.16. The molecule has 1 aromatic rings. The summed E-state index contributed by atoms with van der Waals surface area (Å²) in [7, 11) is 0. The van der Waals surface area contributed by atoms with Gasteiger partial charge in [0.2, 0.25) is 0 Å². The van der Waals surface area contributed by atoms with Crippen molar-refractivity contribution in [3.05, 3.63) is 35.9 Å². The Morgan fingerprint density at radius 1 is 1.18 bits per heavy atom. The van der Waals surface area contributed by atoms with Crippen LogP contribution in [0.4, 0.5) is 0 Å². The fourth-order valence-corrected chi connectivity index (χ4v) is 3.38. The number of benzene rings is 1. The first-order valence-corrected chi connectivity index (χ1v) is 6.94. The molecule has 2 fully saturated rings. The van der Waals surface area contributed by atoms with Gasteiger partial charge in [-0.25, -0.2) is 0 Å². The van der Waals surface area contributed by atoms with Crippen LogP contribution in [0, 0.1) is 0 Å². The van der Waals surface area contributed by atoms with E-state index in [1.807, 2.05) is 0 Å². The SMILES string of the molecule is c1ccc(CC2CNCCC3CCCN32)cc1. The second-order valence-electron chi connectivity index (χ2n) is 5.37. The highest BCUT2D eigenvalue weighted by atomic mass is 15.2. The fraction of sp³-hybridized carbons (Fsp3) is 0.600. The second-order valence-corrected chi connectivity index (χ2v) is 5.37. The quantitative estimate of drug-likeness (QED) is 0.836. The first-order chi connectivity index (χ1) is 8.43. The minimum atomic E-state index is 0.701. The standard InChI is InChI=1S/C15H22N2/c1-2-5-13(6-3-1)11-15-12-16-9-8-14-7-4-10-17(14)15/h1-3,5-6,14-16H,4,7-12H2. The van der Waals surface area contributed by atoms with Crippen molar-refractivity contribution in [1.82, 2.24) is 10.2 Å². The van der Waals surface area contributed by atoms with Crippen molar-refractivity contribution < 1.29 is 0 Å². The van der Waals surface area contributed by atoms with E-state index in [0.717, 1.165) is 12.6 Å². The molecule has 2 atom stereocenters. The maximum Gasteiger partial charge on any atom is 0.0263 e. The molecule has 0 bridgehead atoms. The molecule has 0 radical (unpaired) electrons. The van der Waals surface area contributed by atoms with Crippen molar-refractivity contribution in [2.24, 2.45) is 0 Å². The van der Waals surface area contributed by atoms with Crippen LogP contribution in [-0.4, -0.2) is 36.6 Å². The Labute approximate surface area is 104 Å². The van der Waals surface area contributed by atoms with Crippen molar-refractivity contribution >= 4 is 0 Å². The molecule has 1 aromatic carbocycles. The van der Waals surface area contributed by atoms with E-state index in [9.17, 15) is 0 Å². The Hall–Kier alpha value is -0.860. The van der Waals surface area contributed by atoms with Crippen LogP contribution in [0.25, 0.3) is 0 Å². The number of rotatable bonds is 2. The van der Waals surface area contributed by atoms with Crippen molar-refractivity contribution in [2.75, 3.05) is 19.6 Å². The summed E-state index contributed by atoms with van der Waals surface area (Å²) < 4.78 is 0. The monoisotopic (exact) mass is 230 g/mol. The third-order valence-electron chi connectivity index (χ3n) is 4.24. The third-order valence-corrected chi connectivity index (χ3v) is 4.24. The molecule has 2 heterocycles. The second kappa shape index (κ2) is 5.19. The van der Waals surface area contributed by atoms with Crippen LogP contribution in [0.2, 0.25) is 0 Å². The fourth-order valence-electron chi connectivity index (χ4n) is 3.38. The minimum Gasteiger partial charge on any atom is -0.315 e. The molecule has 92 valence electrons. The van der Waals surface area contributed by atoms with Gasteiger partial charge < -0.3 is 5.32 Å². The average Bonchev–Trinajstić information content (AvgIpc) is 2.75. The van der Waals surface area contributed by atoms with Gasteiger partial charge in [-0.05, 0) is 44.3 Å². The zero-order valence-corrected chi connectivity index (χ0v) is 10.4. The predicted molar refractivity (Wildman–Crippen MR) is 71.1 cm³/mol. The molecule has 1 N–H and O–H groups in total. The molecular weight excluding hydrogens is 208 g/mol. The van der Waals surface area contributed by atoms with Gasteiger partial charge in [-0.3, -0.25) is 4.90 Å². The van der Waals surface area contributed by atoms with Crippen LogP contribution in [0.3, 0.4) is 0 Å². The van der Waals surface area contributed by atoms with Gasteiger partial charge in [0.05, 0.1) is 0 Å². The number of hydrogen-bond donors (Lipinski definition) is 1. The summed E-state index contributed by atoms with van der Waals surface area (Å²) in [4.78, 5) is 2.76. The van der Waals surface area contributed by atoms with Crippen molar-refractivity contribution in [3.8, 4) is 0 Å². The van der Waals surface area contributed by atoms with E-state index in [0.29, 0.717) is 6.04 Å². The van der Waals surface area contributed by atoms with E-state index in [1.165, 1.54) is 44.3 Å². The molecule has 2 nitrogen and oxygen atoms in total. The lowest BCUT2D eigenvalue weighted by atomic mass is 10.0. The van der Waals surface area contributed by atoms with Crippen LogP contribution in [0.5, 0.6) is 0 Å². The molecule has 2 aliphatic rings. The van der Waals surface area contributed by atoms with Crippen molar-refractivity contribution in [2.45, 2.75) is 37.8 Å². The molecule has 0 aromatic heterocycles. The molecule has 0 aliphatic carbocycles. The summed E-state index contributed by atoms with van der Waals surface area (Å²) in [6.07, 6.45) is 5.35. The van der Waals surface area contributed by atoms with Crippen LogP contribution >= 0.6 is 0 Å². The van der Waals surface area contributed by atoms with Gasteiger partial charge in [0.25, 0.3) is 0 Å². The molecule has 2 saturated heterocycles. The van der Waals surface area contributed by atoms with Crippen LogP contribution in [-0.2, 0) is 6.42 Å². The molecule has 0 amide bonds. The Morgan fingerprint density at radius 3 is 2.94 bits per heavy atom. The maximum absolute atomic E-state index is 3.60. The molecule has 2 heteroatoms. The lowest BCUT2D eigenvalue weighted by Crippen LogP contribution is -2.42. The highest BCUT2D eigenvalue weighted by Gasteiger charge is 2.31. The molecular formula is C15H22N2. The van der Waals surface area contributed by atoms with Crippen molar-refractivity contribution in [3.63, 3.8) is 0 Å². The molecule has 2 unspecified atom stereocenters. The summed E-state index contributed by atoms with van der Waals surface area (Å²) in [5.74, 6) is 0. The maximum atomic E-state index is 3.60. The smallest absolute Gasteiger partial charge is 0.0263 e. The molecule has 3 rings (SSSR count). The largest absolute Gasteiger partial charge is 0.315 e. The van der Waals surface area contributed by atoms with Gasteiger partial charge in [-0.15, -0.1) is 0 Å². The number of nitrogens with zero attached hydrogens (tertiary/aromatic N) is 1. The summed E-state index contributed by atoms with van der Waals surface area (Å²) in [5.41, 5.74) is 1.48. The van der Waals surface area contributed by atoms with E-state index >= 15 is 0 Å². The predicted octanol–water partition coefficient (Wildman–Crippen LogP) is 2.06. The van der Waals surface area contributed by atoms with E-state index in [1.54, 1.807) is 0 Å². The summed E-state index contributed by atoms with van der Waals surface area (Å²) in [6.45, 7) is 3.67. The van der Waals surface area contributed by atoms with Gasteiger partial charge in [-0.2, -0.15) is 0 Å². The Balaban J connectivity index is 1.72. The van der Waals surface area contributed by atoms with E-state index in [2.05, 4.69) is 40.5 Å². The third kappa shape index (κ3) is 2.53. The Bertz CT molecular complexity index is 349. The normalized spacial score (nSPS) is 29.9. The minimum absolute atomic E-state index is 0.701. The van der Waals surface area contributed by atoms with Crippen molar-refractivity contribution in [1.29, 1.82) is 0 Å². The van der Waals surface area contributed by atoms with Gasteiger partial charge in [0.1, 0.15) is 0 Å². The molecule has 0 spiro atoms.